The second-order valence-electron chi connectivity index (χ2n) is 8.72. The Morgan fingerprint density at radius 2 is 1.89 bits per heavy atom. The van der Waals surface area contributed by atoms with Gasteiger partial charge < -0.3 is 29.7 Å². The van der Waals surface area contributed by atoms with Gasteiger partial charge in [0.05, 0.1) is 12.6 Å². The number of halogens is 3. The molecule has 1 fully saturated rings. The van der Waals surface area contributed by atoms with Crippen molar-refractivity contribution in [1.82, 2.24) is 14.8 Å². The maximum Gasteiger partial charge on any atom is 0.274 e. The van der Waals surface area contributed by atoms with Crippen molar-refractivity contribution in [3.63, 3.8) is 0 Å². The van der Waals surface area contributed by atoms with Crippen molar-refractivity contribution >= 4 is 11.8 Å². The van der Waals surface area contributed by atoms with Crippen LogP contribution >= 0.6 is 0 Å². The number of hydrogen-bond donors (Lipinski definition) is 3. The summed E-state index contributed by atoms with van der Waals surface area (Å²) in [6.07, 6.45) is 2.39. The van der Waals surface area contributed by atoms with E-state index in [2.05, 4.69) is 5.32 Å². The van der Waals surface area contributed by atoms with Gasteiger partial charge in [0.1, 0.15) is 29.8 Å². The van der Waals surface area contributed by atoms with Crippen LogP contribution in [0.4, 0.5) is 13.2 Å². The first-order chi connectivity index (χ1) is 16.6. The fourth-order valence-corrected chi connectivity index (χ4v) is 4.73. The molecule has 12 heteroatoms. The molecule has 0 spiro atoms. The maximum atomic E-state index is 13.9. The van der Waals surface area contributed by atoms with E-state index < -0.39 is 71.0 Å². The number of rotatable bonds is 6. The molecule has 2 bridgehead atoms. The van der Waals surface area contributed by atoms with Crippen molar-refractivity contribution in [2.24, 2.45) is 5.92 Å². The summed E-state index contributed by atoms with van der Waals surface area (Å²) in [7, 11) is 0. The van der Waals surface area contributed by atoms with Gasteiger partial charge in [0.2, 0.25) is 5.43 Å². The van der Waals surface area contributed by atoms with Gasteiger partial charge in [-0.2, -0.15) is 0 Å². The van der Waals surface area contributed by atoms with Crippen LogP contribution in [0.1, 0.15) is 52.2 Å². The third-order valence-corrected chi connectivity index (χ3v) is 6.65. The number of fused-ring (bicyclic) bond motifs is 4. The molecule has 2 aliphatic rings. The van der Waals surface area contributed by atoms with Crippen LogP contribution in [0.2, 0.25) is 0 Å². The lowest BCUT2D eigenvalue weighted by Gasteiger charge is -2.39. The highest BCUT2D eigenvalue weighted by Crippen LogP contribution is 2.37. The van der Waals surface area contributed by atoms with Crippen LogP contribution < -0.4 is 10.7 Å². The maximum absolute atomic E-state index is 13.9. The number of aliphatic hydroxyl groups is 1. The highest BCUT2D eigenvalue weighted by molar-refractivity contribution is 5.99. The molecule has 0 radical (unpaired) electrons. The fraction of sp³-hybridized carbons (Fsp3) is 0.435. The first-order valence-electron chi connectivity index (χ1n) is 11.0. The lowest BCUT2D eigenvalue weighted by molar-refractivity contribution is -0.0274. The van der Waals surface area contributed by atoms with E-state index in [0.29, 0.717) is 25.0 Å². The average molecular weight is 495 g/mol. The van der Waals surface area contributed by atoms with Crippen molar-refractivity contribution in [3.05, 3.63) is 62.8 Å². The zero-order chi connectivity index (χ0) is 25.4. The summed E-state index contributed by atoms with van der Waals surface area (Å²) < 4.78 is 47.5. The van der Waals surface area contributed by atoms with Gasteiger partial charge in [-0.15, -0.1) is 0 Å². The molecule has 9 nitrogen and oxygen atoms in total. The Balaban J connectivity index is 1.71. The van der Waals surface area contributed by atoms with Crippen LogP contribution in [0, 0.1) is 23.4 Å². The molecule has 0 saturated carbocycles. The first kappa shape index (κ1) is 24.7. The summed E-state index contributed by atoms with van der Waals surface area (Å²) in [6, 6.07) is 0.284. The number of pyridine rings is 1. The number of nitrogens with one attached hydrogen (secondary N) is 1. The predicted molar refractivity (Wildman–Crippen MR) is 115 cm³/mol. The lowest BCUT2D eigenvalue weighted by atomic mass is 9.94. The highest BCUT2D eigenvalue weighted by Gasteiger charge is 2.42. The molecule has 188 valence electrons. The quantitative estimate of drug-likeness (QED) is 0.525. The number of aromatic hydroxyl groups is 1. The van der Waals surface area contributed by atoms with E-state index in [9.17, 15) is 32.7 Å². The van der Waals surface area contributed by atoms with Crippen LogP contribution in [-0.2, 0) is 11.3 Å². The van der Waals surface area contributed by atoms with Crippen molar-refractivity contribution < 1.29 is 37.7 Å². The summed E-state index contributed by atoms with van der Waals surface area (Å²) in [5.41, 5.74) is -2.51. The summed E-state index contributed by atoms with van der Waals surface area (Å²) in [4.78, 5) is 40.2. The van der Waals surface area contributed by atoms with Gasteiger partial charge >= 0.3 is 0 Å². The van der Waals surface area contributed by atoms with E-state index in [4.69, 9.17) is 9.84 Å². The Morgan fingerprint density at radius 3 is 2.54 bits per heavy atom. The van der Waals surface area contributed by atoms with E-state index in [-0.39, 0.29) is 30.8 Å². The standard InChI is InChI=1S/C23H24F3N3O6/c1-11-2-3-12(9-35-10-30)18-8-28(11)23(34)19-21(32)20(31)15(7-29(18)19)22(33)27-6-14-16(25)4-13(24)5-17(14)26/h4-5,7,11-12,18,30,32H,2-3,6,8-10H2,1H3,(H,27,33)/t11-,12-,18+/m0/s1. The first-order valence-corrected chi connectivity index (χ1v) is 11.0. The minimum absolute atomic E-state index is 0.146. The molecule has 1 aromatic carbocycles. The van der Waals surface area contributed by atoms with E-state index in [1.165, 1.54) is 4.57 Å². The number of aromatic nitrogens is 1. The summed E-state index contributed by atoms with van der Waals surface area (Å²) in [5.74, 6) is -6.26. The Kier molecular flexibility index (Phi) is 6.86. The molecule has 3 heterocycles. The van der Waals surface area contributed by atoms with Gasteiger partial charge in [0.15, 0.2) is 11.4 Å². The molecule has 3 N–H and O–H groups in total. The number of amides is 2. The second-order valence-corrected chi connectivity index (χ2v) is 8.72. The Labute approximate surface area is 197 Å². The molecule has 35 heavy (non-hydrogen) atoms. The third-order valence-electron chi connectivity index (χ3n) is 6.65. The zero-order valence-electron chi connectivity index (χ0n) is 18.8. The van der Waals surface area contributed by atoms with E-state index in [1.54, 1.807) is 4.90 Å². The minimum atomic E-state index is -1.21. The van der Waals surface area contributed by atoms with Gasteiger partial charge in [-0.25, -0.2) is 13.2 Å². The predicted octanol–water partition coefficient (Wildman–Crippen LogP) is 1.66. The number of carbonyl (C=O) groups is 2. The van der Waals surface area contributed by atoms with Crippen molar-refractivity contribution in [1.29, 1.82) is 0 Å². The van der Waals surface area contributed by atoms with Crippen molar-refractivity contribution in [2.75, 3.05) is 19.9 Å². The molecule has 0 unspecified atom stereocenters. The normalized spacial score (nSPS) is 21.5. The molecule has 1 saturated heterocycles. The molecule has 2 aliphatic heterocycles. The van der Waals surface area contributed by atoms with Gasteiger partial charge in [-0.05, 0) is 19.8 Å². The fourth-order valence-electron chi connectivity index (χ4n) is 4.73. The lowest BCUT2D eigenvalue weighted by Crippen LogP contribution is -2.48. The number of nitrogens with zero attached hydrogens (tertiary/aromatic N) is 2. The number of aliphatic hydroxyl groups excluding tert-OH is 1. The van der Waals surface area contributed by atoms with E-state index in [1.807, 2.05) is 6.92 Å². The van der Waals surface area contributed by atoms with Gasteiger partial charge in [-0.3, -0.25) is 14.4 Å². The Hall–Kier alpha value is -3.38. The molecule has 0 aliphatic carbocycles. The van der Waals surface area contributed by atoms with Gasteiger partial charge in [-0.1, -0.05) is 0 Å². The topological polar surface area (TPSA) is 121 Å². The Bertz CT molecular complexity index is 1210. The SMILES string of the molecule is C[C@H]1CC[C@@H](COCO)[C@H]2CN1C(=O)c1c(O)c(=O)c(C(=O)NCc3c(F)cc(F)cc3F)cn12. The Morgan fingerprint density at radius 1 is 1.20 bits per heavy atom. The van der Waals surface area contributed by atoms with Crippen LogP contribution in [0.5, 0.6) is 5.75 Å². The van der Waals surface area contributed by atoms with Gasteiger partial charge in [0, 0.05) is 48.9 Å². The van der Waals surface area contributed by atoms with E-state index >= 15 is 0 Å². The second kappa shape index (κ2) is 9.70. The van der Waals surface area contributed by atoms with Crippen molar-refractivity contribution in [3.8, 4) is 5.75 Å². The van der Waals surface area contributed by atoms with Crippen LogP contribution in [0.15, 0.2) is 23.1 Å². The minimum Gasteiger partial charge on any atom is -0.503 e. The third kappa shape index (κ3) is 4.50. The number of benzene rings is 1. The largest absolute Gasteiger partial charge is 0.503 e. The average Bonchev–Trinajstić information content (AvgIpc) is 2.94. The summed E-state index contributed by atoms with van der Waals surface area (Å²) >= 11 is 0. The molecular formula is C23H24F3N3O6. The highest BCUT2D eigenvalue weighted by atomic mass is 19.1. The zero-order valence-corrected chi connectivity index (χ0v) is 18.8. The molecule has 2 aromatic rings. The summed E-state index contributed by atoms with van der Waals surface area (Å²) in [5, 5.41) is 21.9. The van der Waals surface area contributed by atoms with Crippen LogP contribution in [-0.4, -0.2) is 57.5 Å². The smallest absolute Gasteiger partial charge is 0.274 e. The van der Waals surface area contributed by atoms with E-state index in [0.717, 1.165) is 6.20 Å². The number of ether oxygens (including phenoxy) is 1. The summed E-state index contributed by atoms with van der Waals surface area (Å²) in [6.45, 7) is 1.05. The molecule has 3 atom stereocenters. The van der Waals surface area contributed by atoms with Gasteiger partial charge in [0.25, 0.3) is 11.8 Å². The van der Waals surface area contributed by atoms with Crippen molar-refractivity contribution in [2.45, 2.75) is 38.4 Å². The number of carbonyl (C=O) groups excluding carboxylic acids is 2. The molecular weight excluding hydrogens is 471 g/mol. The molecule has 4 rings (SSSR count). The number of hydrogen-bond acceptors (Lipinski definition) is 6. The monoisotopic (exact) mass is 495 g/mol. The van der Waals surface area contributed by atoms with Crippen LogP contribution in [0.25, 0.3) is 0 Å². The molecule has 2 amide bonds. The van der Waals surface area contributed by atoms with Crippen LogP contribution in [0.3, 0.4) is 0 Å². The molecule has 1 aromatic heterocycles.